The van der Waals surface area contributed by atoms with Crippen molar-refractivity contribution in [2.24, 2.45) is 0 Å². The number of rotatable bonds is 3. The molecule has 0 saturated carbocycles. The van der Waals surface area contributed by atoms with Crippen LogP contribution in [0.1, 0.15) is 41.4 Å². The fourth-order valence-corrected chi connectivity index (χ4v) is 2.29. The summed E-state index contributed by atoms with van der Waals surface area (Å²) in [5, 5.41) is 3.32. The van der Waals surface area contributed by atoms with E-state index in [1.165, 1.54) is 6.20 Å². The van der Waals surface area contributed by atoms with Crippen molar-refractivity contribution in [3.05, 3.63) is 58.4 Å². The number of nitrogens with zero attached hydrogens (tertiary/aromatic N) is 1. The van der Waals surface area contributed by atoms with E-state index in [9.17, 15) is 4.79 Å². The molecule has 2 rings (SSSR count). The summed E-state index contributed by atoms with van der Waals surface area (Å²) >= 11 is 6.09. The van der Waals surface area contributed by atoms with E-state index in [2.05, 4.69) is 24.1 Å². The van der Waals surface area contributed by atoms with E-state index in [-0.39, 0.29) is 5.91 Å². The Morgan fingerprint density at radius 3 is 2.65 bits per heavy atom. The quantitative estimate of drug-likeness (QED) is 0.908. The second kappa shape index (κ2) is 6.06. The third-order valence-electron chi connectivity index (χ3n) is 3.07. The number of carbonyl (C=O) groups excluding carboxylic acids is 1. The van der Waals surface area contributed by atoms with Crippen LogP contribution in [0.5, 0.6) is 0 Å². The van der Waals surface area contributed by atoms with Crippen LogP contribution in [0.2, 0.25) is 5.02 Å². The van der Waals surface area contributed by atoms with Gasteiger partial charge >= 0.3 is 0 Å². The van der Waals surface area contributed by atoms with Crippen LogP contribution in [-0.4, -0.2) is 10.9 Å². The van der Waals surface area contributed by atoms with E-state index >= 15 is 0 Å². The highest BCUT2D eigenvalue weighted by molar-refractivity contribution is 6.34. The number of carbonyl (C=O) groups is 1. The molecule has 0 atom stereocenters. The number of pyridine rings is 1. The standard InChI is InChI=1S/C16H17ClN2O/c1-10(2)12-6-4-5-7-15(12)19-16(20)13-9-18-11(3)8-14(13)17/h4-10H,1-3H3,(H,19,20). The first-order valence-electron chi connectivity index (χ1n) is 6.51. The molecular formula is C16H17ClN2O. The molecule has 0 saturated heterocycles. The van der Waals surface area contributed by atoms with Crippen LogP contribution in [-0.2, 0) is 0 Å². The van der Waals surface area contributed by atoms with Crippen molar-refractivity contribution in [3.8, 4) is 0 Å². The Hall–Kier alpha value is -1.87. The average Bonchev–Trinajstić information content (AvgIpc) is 2.38. The zero-order chi connectivity index (χ0) is 14.7. The first-order chi connectivity index (χ1) is 9.49. The van der Waals surface area contributed by atoms with Crippen LogP contribution in [0, 0.1) is 6.92 Å². The first kappa shape index (κ1) is 14.5. The van der Waals surface area contributed by atoms with E-state index in [4.69, 9.17) is 11.6 Å². The third-order valence-corrected chi connectivity index (χ3v) is 3.38. The summed E-state index contributed by atoms with van der Waals surface area (Å²) in [6, 6.07) is 9.45. The molecule has 1 aromatic carbocycles. The van der Waals surface area contributed by atoms with Crippen LogP contribution in [0.15, 0.2) is 36.5 Å². The largest absolute Gasteiger partial charge is 0.322 e. The molecule has 1 amide bonds. The second-order valence-corrected chi connectivity index (χ2v) is 5.41. The van der Waals surface area contributed by atoms with Crippen LogP contribution < -0.4 is 5.32 Å². The minimum absolute atomic E-state index is 0.240. The normalized spacial score (nSPS) is 10.7. The summed E-state index contributed by atoms with van der Waals surface area (Å²) in [7, 11) is 0. The smallest absolute Gasteiger partial charge is 0.258 e. The molecule has 0 radical (unpaired) electrons. The third kappa shape index (κ3) is 3.17. The lowest BCUT2D eigenvalue weighted by atomic mass is 10.0. The van der Waals surface area contributed by atoms with Gasteiger partial charge < -0.3 is 5.32 Å². The number of anilines is 1. The topological polar surface area (TPSA) is 42.0 Å². The fourth-order valence-electron chi connectivity index (χ4n) is 2.00. The summed E-state index contributed by atoms with van der Waals surface area (Å²) < 4.78 is 0. The summed E-state index contributed by atoms with van der Waals surface area (Å²) in [5.41, 5.74) is 3.08. The highest BCUT2D eigenvalue weighted by atomic mass is 35.5. The molecule has 20 heavy (non-hydrogen) atoms. The molecule has 0 aliphatic carbocycles. The Morgan fingerprint density at radius 2 is 2.00 bits per heavy atom. The van der Waals surface area contributed by atoms with Gasteiger partial charge in [0.2, 0.25) is 0 Å². The maximum Gasteiger partial charge on any atom is 0.258 e. The molecule has 104 valence electrons. The number of hydrogen-bond donors (Lipinski definition) is 1. The van der Waals surface area contributed by atoms with Gasteiger partial charge in [0.1, 0.15) is 0 Å². The van der Waals surface area contributed by atoms with E-state index in [0.717, 1.165) is 16.9 Å². The van der Waals surface area contributed by atoms with Crippen molar-refractivity contribution in [1.82, 2.24) is 4.98 Å². The molecule has 3 nitrogen and oxygen atoms in total. The van der Waals surface area contributed by atoms with E-state index < -0.39 is 0 Å². The minimum Gasteiger partial charge on any atom is -0.322 e. The zero-order valence-corrected chi connectivity index (χ0v) is 12.5. The number of nitrogens with one attached hydrogen (secondary N) is 1. The molecule has 0 aliphatic heterocycles. The van der Waals surface area contributed by atoms with Crippen molar-refractivity contribution < 1.29 is 4.79 Å². The van der Waals surface area contributed by atoms with Gasteiger partial charge in [-0.3, -0.25) is 9.78 Å². The molecule has 0 unspecified atom stereocenters. The van der Waals surface area contributed by atoms with Gasteiger partial charge in [-0.25, -0.2) is 0 Å². The Balaban J connectivity index is 2.28. The molecule has 0 bridgehead atoms. The van der Waals surface area contributed by atoms with Gasteiger partial charge in [-0.1, -0.05) is 43.6 Å². The number of para-hydroxylation sites is 1. The minimum atomic E-state index is -0.240. The molecule has 0 fully saturated rings. The van der Waals surface area contributed by atoms with Crippen LogP contribution in [0.3, 0.4) is 0 Å². The first-order valence-corrected chi connectivity index (χ1v) is 6.89. The average molecular weight is 289 g/mol. The SMILES string of the molecule is Cc1cc(Cl)c(C(=O)Nc2ccccc2C(C)C)cn1. The molecule has 1 heterocycles. The van der Waals surface area contributed by atoms with E-state index in [1.807, 2.05) is 31.2 Å². The van der Waals surface area contributed by atoms with Crippen molar-refractivity contribution >= 4 is 23.2 Å². The highest BCUT2D eigenvalue weighted by Crippen LogP contribution is 2.25. The molecular weight excluding hydrogens is 272 g/mol. The molecule has 1 aromatic heterocycles. The number of halogens is 1. The van der Waals surface area contributed by atoms with Gasteiger partial charge in [0.25, 0.3) is 5.91 Å². The number of benzene rings is 1. The maximum atomic E-state index is 12.3. The Kier molecular flexibility index (Phi) is 4.40. The Labute approximate surface area is 124 Å². The number of amides is 1. The Morgan fingerprint density at radius 1 is 1.30 bits per heavy atom. The van der Waals surface area contributed by atoms with Crippen LogP contribution in [0.4, 0.5) is 5.69 Å². The van der Waals surface area contributed by atoms with Gasteiger partial charge in [-0.2, -0.15) is 0 Å². The van der Waals surface area contributed by atoms with Crippen molar-refractivity contribution in [3.63, 3.8) is 0 Å². The summed E-state index contributed by atoms with van der Waals surface area (Å²) in [6.45, 7) is 6.01. The predicted octanol–water partition coefficient (Wildman–Crippen LogP) is 4.42. The van der Waals surface area contributed by atoms with Crippen LogP contribution >= 0.6 is 11.6 Å². The van der Waals surface area contributed by atoms with Gasteiger partial charge in [0.05, 0.1) is 10.6 Å². The van der Waals surface area contributed by atoms with E-state index in [0.29, 0.717) is 16.5 Å². The van der Waals surface area contributed by atoms with Gasteiger partial charge in [0, 0.05) is 17.6 Å². The molecule has 4 heteroatoms. The van der Waals surface area contributed by atoms with Crippen molar-refractivity contribution in [2.45, 2.75) is 26.7 Å². The zero-order valence-electron chi connectivity index (χ0n) is 11.8. The van der Waals surface area contributed by atoms with Crippen molar-refractivity contribution in [1.29, 1.82) is 0 Å². The molecule has 0 spiro atoms. The van der Waals surface area contributed by atoms with Crippen LogP contribution in [0.25, 0.3) is 0 Å². The lowest BCUT2D eigenvalue weighted by Gasteiger charge is -2.14. The van der Waals surface area contributed by atoms with Gasteiger partial charge in [-0.15, -0.1) is 0 Å². The monoisotopic (exact) mass is 288 g/mol. The van der Waals surface area contributed by atoms with Gasteiger partial charge in [0.15, 0.2) is 0 Å². The lowest BCUT2D eigenvalue weighted by molar-refractivity contribution is 0.102. The second-order valence-electron chi connectivity index (χ2n) is 5.00. The number of aromatic nitrogens is 1. The summed E-state index contributed by atoms with van der Waals surface area (Å²) in [5.74, 6) is 0.0914. The molecule has 1 N–H and O–H groups in total. The molecule has 2 aromatic rings. The lowest BCUT2D eigenvalue weighted by Crippen LogP contribution is -2.14. The highest BCUT2D eigenvalue weighted by Gasteiger charge is 2.14. The number of aryl methyl sites for hydroxylation is 1. The fraction of sp³-hybridized carbons (Fsp3) is 0.250. The number of hydrogen-bond acceptors (Lipinski definition) is 2. The summed E-state index contributed by atoms with van der Waals surface area (Å²) in [6.07, 6.45) is 1.50. The van der Waals surface area contributed by atoms with E-state index in [1.54, 1.807) is 6.07 Å². The molecule has 0 aliphatic rings. The maximum absolute atomic E-state index is 12.3. The predicted molar refractivity (Wildman–Crippen MR) is 82.5 cm³/mol. The van der Waals surface area contributed by atoms with Crippen molar-refractivity contribution in [2.75, 3.05) is 5.32 Å². The Bertz CT molecular complexity index is 638. The summed E-state index contributed by atoms with van der Waals surface area (Å²) in [4.78, 5) is 16.4. The van der Waals surface area contributed by atoms with Gasteiger partial charge in [-0.05, 0) is 30.5 Å².